The Kier molecular flexibility index (Phi) is 4.88. The van der Waals surface area contributed by atoms with Gasteiger partial charge in [0.25, 0.3) is 0 Å². The molecule has 1 aromatic carbocycles. The van der Waals surface area contributed by atoms with Gasteiger partial charge in [-0.15, -0.1) is 0 Å². The molecule has 1 atom stereocenters. The minimum absolute atomic E-state index is 0.197. The molecule has 0 bridgehead atoms. The second kappa shape index (κ2) is 6.64. The third-order valence-electron chi connectivity index (χ3n) is 3.76. The second-order valence-corrected chi connectivity index (χ2v) is 5.33. The van der Waals surface area contributed by atoms with Crippen LogP contribution in [0.1, 0.15) is 28.4 Å². The van der Waals surface area contributed by atoms with Crippen LogP contribution in [0, 0.1) is 13.8 Å². The highest BCUT2D eigenvalue weighted by molar-refractivity contribution is 5.26. The highest BCUT2D eigenvalue weighted by Crippen LogP contribution is 2.21. The van der Waals surface area contributed by atoms with Crippen molar-refractivity contribution in [3.8, 4) is 0 Å². The van der Waals surface area contributed by atoms with Crippen LogP contribution in [-0.2, 0) is 6.54 Å². The average Bonchev–Trinajstić information content (AvgIpc) is 2.44. The van der Waals surface area contributed by atoms with E-state index in [1.165, 1.54) is 16.7 Å². The molecule has 0 spiro atoms. The van der Waals surface area contributed by atoms with Crippen LogP contribution in [-0.4, -0.2) is 23.5 Å². The Morgan fingerprint density at radius 2 is 1.90 bits per heavy atom. The molecule has 0 saturated heterocycles. The van der Waals surface area contributed by atoms with Crippen LogP contribution in [0.25, 0.3) is 0 Å². The van der Waals surface area contributed by atoms with Gasteiger partial charge in [0, 0.05) is 31.0 Å². The lowest BCUT2D eigenvalue weighted by Crippen LogP contribution is -2.30. The fourth-order valence-corrected chi connectivity index (χ4v) is 2.41. The molecule has 2 aromatic rings. The van der Waals surface area contributed by atoms with Crippen LogP contribution in [0.4, 0.5) is 0 Å². The number of aryl methyl sites for hydroxylation is 2. The SMILES string of the molecule is Cc1ccc(C(CN)N(C)Cc2ccccc2C)cn1. The molecule has 106 valence electrons. The van der Waals surface area contributed by atoms with Crippen molar-refractivity contribution < 1.29 is 0 Å². The summed E-state index contributed by atoms with van der Waals surface area (Å²) in [6.07, 6.45) is 1.93. The summed E-state index contributed by atoms with van der Waals surface area (Å²) in [5.41, 5.74) is 10.8. The Hall–Kier alpha value is -1.71. The van der Waals surface area contributed by atoms with Crippen LogP contribution in [0.5, 0.6) is 0 Å². The first-order valence-corrected chi connectivity index (χ1v) is 6.99. The Balaban J connectivity index is 2.15. The number of pyridine rings is 1. The molecule has 1 unspecified atom stereocenters. The number of hydrogen-bond donors (Lipinski definition) is 1. The molecule has 3 heteroatoms. The smallest absolute Gasteiger partial charge is 0.0486 e. The minimum Gasteiger partial charge on any atom is -0.329 e. The van der Waals surface area contributed by atoms with Gasteiger partial charge in [0.1, 0.15) is 0 Å². The van der Waals surface area contributed by atoms with E-state index in [2.05, 4.69) is 54.2 Å². The lowest BCUT2D eigenvalue weighted by Gasteiger charge is -2.27. The molecule has 0 aliphatic heterocycles. The lowest BCUT2D eigenvalue weighted by molar-refractivity contribution is 0.241. The zero-order valence-corrected chi connectivity index (χ0v) is 12.5. The summed E-state index contributed by atoms with van der Waals surface area (Å²) in [4.78, 5) is 6.66. The van der Waals surface area contributed by atoms with Gasteiger partial charge in [-0.3, -0.25) is 9.88 Å². The lowest BCUT2D eigenvalue weighted by atomic mass is 10.0. The standard InChI is InChI=1S/C17H23N3/c1-13-6-4-5-7-16(13)12-20(3)17(10-18)15-9-8-14(2)19-11-15/h4-9,11,17H,10,12,18H2,1-3H3. The molecule has 0 saturated carbocycles. The summed E-state index contributed by atoms with van der Waals surface area (Å²) < 4.78 is 0. The number of rotatable bonds is 5. The molecular weight excluding hydrogens is 246 g/mol. The zero-order chi connectivity index (χ0) is 14.5. The molecule has 0 fully saturated rings. The van der Waals surface area contributed by atoms with Crippen molar-refractivity contribution in [1.29, 1.82) is 0 Å². The summed E-state index contributed by atoms with van der Waals surface area (Å²) in [7, 11) is 2.11. The van der Waals surface area contributed by atoms with E-state index in [4.69, 9.17) is 5.73 Å². The molecule has 1 aromatic heterocycles. The van der Waals surface area contributed by atoms with Crippen molar-refractivity contribution in [1.82, 2.24) is 9.88 Å². The molecule has 0 aliphatic rings. The molecule has 1 heterocycles. The van der Waals surface area contributed by atoms with Crippen LogP contribution >= 0.6 is 0 Å². The summed E-state index contributed by atoms with van der Waals surface area (Å²) in [5.74, 6) is 0. The maximum absolute atomic E-state index is 5.97. The van der Waals surface area contributed by atoms with Crippen molar-refractivity contribution in [2.45, 2.75) is 26.4 Å². The molecule has 2 N–H and O–H groups in total. The van der Waals surface area contributed by atoms with E-state index in [1.807, 2.05) is 19.2 Å². The van der Waals surface area contributed by atoms with Crippen LogP contribution in [0.2, 0.25) is 0 Å². The van der Waals surface area contributed by atoms with E-state index in [-0.39, 0.29) is 6.04 Å². The maximum Gasteiger partial charge on any atom is 0.0486 e. The molecule has 2 rings (SSSR count). The van der Waals surface area contributed by atoms with Crippen molar-refractivity contribution in [2.24, 2.45) is 5.73 Å². The quantitative estimate of drug-likeness (QED) is 0.907. The average molecular weight is 269 g/mol. The minimum atomic E-state index is 0.197. The fraction of sp³-hybridized carbons (Fsp3) is 0.353. The highest BCUT2D eigenvalue weighted by Gasteiger charge is 2.16. The van der Waals surface area contributed by atoms with Crippen LogP contribution < -0.4 is 5.73 Å². The molecule has 0 amide bonds. The van der Waals surface area contributed by atoms with Gasteiger partial charge < -0.3 is 5.73 Å². The number of nitrogens with two attached hydrogens (primary N) is 1. The Morgan fingerprint density at radius 3 is 2.50 bits per heavy atom. The van der Waals surface area contributed by atoms with E-state index in [9.17, 15) is 0 Å². The van der Waals surface area contributed by atoms with E-state index in [0.717, 1.165) is 12.2 Å². The molecule has 20 heavy (non-hydrogen) atoms. The third kappa shape index (κ3) is 3.44. The van der Waals surface area contributed by atoms with Gasteiger partial charge >= 0.3 is 0 Å². The number of hydrogen-bond acceptors (Lipinski definition) is 3. The van der Waals surface area contributed by atoms with Crippen molar-refractivity contribution >= 4 is 0 Å². The Morgan fingerprint density at radius 1 is 1.15 bits per heavy atom. The first kappa shape index (κ1) is 14.7. The van der Waals surface area contributed by atoms with E-state index in [0.29, 0.717) is 6.54 Å². The van der Waals surface area contributed by atoms with Gasteiger partial charge in [0.2, 0.25) is 0 Å². The summed E-state index contributed by atoms with van der Waals surface area (Å²) in [6, 6.07) is 12.8. The van der Waals surface area contributed by atoms with Crippen molar-refractivity contribution in [3.05, 3.63) is 65.0 Å². The van der Waals surface area contributed by atoms with Crippen LogP contribution in [0.3, 0.4) is 0 Å². The number of benzene rings is 1. The van der Waals surface area contributed by atoms with Gasteiger partial charge in [-0.2, -0.15) is 0 Å². The number of nitrogens with zero attached hydrogens (tertiary/aromatic N) is 2. The predicted octanol–water partition coefficient (Wildman–Crippen LogP) is 2.83. The molecule has 0 aliphatic carbocycles. The van der Waals surface area contributed by atoms with Crippen molar-refractivity contribution in [3.63, 3.8) is 0 Å². The van der Waals surface area contributed by atoms with Gasteiger partial charge in [0.15, 0.2) is 0 Å². The van der Waals surface area contributed by atoms with E-state index < -0.39 is 0 Å². The highest BCUT2D eigenvalue weighted by atomic mass is 15.1. The van der Waals surface area contributed by atoms with Gasteiger partial charge in [-0.25, -0.2) is 0 Å². The molecular formula is C17H23N3. The second-order valence-electron chi connectivity index (χ2n) is 5.33. The zero-order valence-electron chi connectivity index (χ0n) is 12.5. The molecule has 3 nitrogen and oxygen atoms in total. The first-order valence-electron chi connectivity index (χ1n) is 6.99. The predicted molar refractivity (Wildman–Crippen MR) is 83.4 cm³/mol. The summed E-state index contributed by atoms with van der Waals surface area (Å²) in [5, 5.41) is 0. The van der Waals surface area contributed by atoms with Crippen molar-refractivity contribution in [2.75, 3.05) is 13.6 Å². The Bertz CT molecular complexity index is 548. The molecule has 0 radical (unpaired) electrons. The fourth-order valence-electron chi connectivity index (χ4n) is 2.41. The largest absolute Gasteiger partial charge is 0.329 e. The van der Waals surface area contributed by atoms with Crippen LogP contribution in [0.15, 0.2) is 42.6 Å². The van der Waals surface area contributed by atoms with Gasteiger partial charge in [-0.05, 0) is 43.7 Å². The third-order valence-corrected chi connectivity index (χ3v) is 3.76. The summed E-state index contributed by atoms with van der Waals surface area (Å²) in [6.45, 7) is 5.63. The van der Waals surface area contributed by atoms with E-state index in [1.54, 1.807) is 0 Å². The number of aromatic nitrogens is 1. The van der Waals surface area contributed by atoms with E-state index >= 15 is 0 Å². The maximum atomic E-state index is 5.97. The first-order chi connectivity index (χ1) is 9.61. The number of likely N-dealkylation sites (N-methyl/N-ethyl adjacent to an activating group) is 1. The topological polar surface area (TPSA) is 42.1 Å². The van der Waals surface area contributed by atoms with Gasteiger partial charge in [0.05, 0.1) is 0 Å². The normalized spacial score (nSPS) is 12.7. The Labute approximate surface area is 121 Å². The van der Waals surface area contributed by atoms with Gasteiger partial charge in [-0.1, -0.05) is 30.3 Å². The monoisotopic (exact) mass is 269 g/mol. The summed E-state index contributed by atoms with van der Waals surface area (Å²) >= 11 is 0.